The van der Waals surface area contributed by atoms with Gasteiger partial charge in [0.05, 0.1) is 17.2 Å². The zero-order chi connectivity index (χ0) is 19.3. The number of anilines is 1. The van der Waals surface area contributed by atoms with Crippen LogP contribution in [0.5, 0.6) is 0 Å². The van der Waals surface area contributed by atoms with Gasteiger partial charge in [-0.2, -0.15) is 13.2 Å². The van der Waals surface area contributed by atoms with E-state index in [1.54, 1.807) is 6.92 Å². The number of amides is 2. The Morgan fingerprint density at radius 1 is 1.04 bits per heavy atom. The molecule has 1 fully saturated rings. The van der Waals surface area contributed by atoms with Gasteiger partial charge < -0.3 is 4.98 Å². The topological polar surface area (TPSA) is 53.2 Å². The van der Waals surface area contributed by atoms with E-state index in [9.17, 15) is 22.8 Å². The van der Waals surface area contributed by atoms with Crippen LogP contribution in [0.15, 0.2) is 48.5 Å². The number of nitrogens with zero attached hydrogens (tertiary/aromatic N) is 1. The molecule has 138 valence electrons. The van der Waals surface area contributed by atoms with Crippen LogP contribution in [-0.4, -0.2) is 16.8 Å². The van der Waals surface area contributed by atoms with Gasteiger partial charge in [-0.05, 0) is 30.7 Å². The van der Waals surface area contributed by atoms with E-state index in [1.165, 1.54) is 12.1 Å². The molecule has 1 atom stereocenters. The van der Waals surface area contributed by atoms with E-state index in [0.29, 0.717) is 10.5 Å². The Morgan fingerprint density at radius 2 is 1.70 bits per heavy atom. The molecular formula is C20H15F3N2O2. The van der Waals surface area contributed by atoms with Gasteiger partial charge in [0.1, 0.15) is 0 Å². The van der Waals surface area contributed by atoms with Crippen molar-refractivity contribution in [3.8, 4) is 0 Å². The highest BCUT2D eigenvalue weighted by molar-refractivity contribution is 6.23. The van der Waals surface area contributed by atoms with Crippen molar-refractivity contribution in [2.45, 2.75) is 25.4 Å². The molecule has 0 saturated carbocycles. The molecule has 1 aromatic heterocycles. The van der Waals surface area contributed by atoms with Crippen LogP contribution < -0.4 is 4.90 Å². The quantitative estimate of drug-likeness (QED) is 0.672. The summed E-state index contributed by atoms with van der Waals surface area (Å²) in [4.78, 5) is 29.4. The summed E-state index contributed by atoms with van der Waals surface area (Å²) in [6.07, 6.45) is -4.82. The van der Waals surface area contributed by atoms with Gasteiger partial charge in [0.15, 0.2) is 0 Å². The van der Waals surface area contributed by atoms with Crippen LogP contribution in [0.2, 0.25) is 0 Å². The smallest absolute Gasteiger partial charge is 0.358 e. The largest absolute Gasteiger partial charge is 0.418 e. The minimum atomic E-state index is -4.66. The Kier molecular flexibility index (Phi) is 3.83. The molecule has 4 rings (SSSR count). The number of benzene rings is 2. The number of aromatic amines is 1. The fourth-order valence-electron chi connectivity index (χ4n) is 3.77. The number of fused-ring (bicyclic) bond motifs is 1. The van der Waals surface area contributed by atoms with Crippen molar-refractivity contribution in [2.24, 2.45) is 0 Å². The highest BCUT2D eigenvalue weighted by Crippen LogP contribution is 2.42. The van der Waals surface area contributed by atoms with Gasteiger partial charge in [0.2, 0.25) is 11.8 Å². The first-order valence-corrected chi connectivity index (χ1v) is 8.39. The van der Waals surface area contributed by atoms with Crippen LogP contribution in [0.3, 0.4) is 0 Å². The van der Waals surface area contributed by atoms with Crippen LogP contribution >= 0.6 is 0 Å². The molecule has 1 aliphatic heterocycles. The van der Waals surface area contributed by atoms with E-state index in [2.05, 4.69) is 4.98 Å². The maximum absolute atomic E-state index is 13.3. The zero-order valence-corrected chi connectivity index (χ0v) is 14.3. The van der Waals surface area contributed by atoms with Crippen molar-refractivity contribution >= 4 is 28.4 Å². The number of aromatic nitrogens is 1. The first kappa shape index (κ1) is 17.3. The van der Waals surface area contributed by atoms with Gasteiger partial charge >= 0.3 is 6.18 Å². The van der Waals surface area contributed by atoms with Crippen molar-refractivity contribution in [2.75, 3.05) is 4.90 Å². The van der Waals surface area contributed by atoms with Crippen molar-refractivity contribution in [1.29, 1.82) is 0 Å². The van der Waals surface area contributed by atoms with E-state index < -0.39 is 35.2 Å². The van der Waals surface area contributed by atoms with Gasteiger partial charge in [-0.15, -0.1) is 0 Å². The van der Waals surface area contributed by atoms with Crippen LogP contribution in [-0.2, 0) is 15.8 Å². The average Bonchev–Trinajstić information content (AvgIpc) is 3.09. The molecule has 27 heavy (non-hydrogen) atoms. The maximum Gasteiger partial charge on any atom is 0.418 e. The van der Waals surface area contributed by atoms with Gasteiger partial charge in [0.25, 0.3) is 0 Å². The number of hydrogen-bond donors (Lipinski definition) is 1. The third kappa shape index (κ3) is 2.70. The molecule has 0 radical (unpaired) electrons. The molecule has 2 aromatic carbocycles. The summed E-state index contributed by atoms with van der Waals surface area (Å²) in [5.74, 6) is -2.08. The number of nitrogens with one attached hydrogen (secondary N) is 1. The molecule has 4 nitrogen and oxygen atoms in total. The number of rotatable bonds is 2. The molecule has 1 N–H and O–H groups in total. The summed E-state index contributed by atoms with van der Waals surface area (Å²) in [6.45, 7) is 1.79. The SMILES string of the molecule is Cc1[nH]c2ccccc2c1C1CC(=O)N(c2ccccc2C(F)(F)F)C1=O. The van der Waals surface area contributed by atoms with E-state index in [4.69, 9.17) is 0 Å². The second-order valence-electron chi connectivity index (χ2n) is 6.55. The summed E-state index contributed by atoms with van der Waals surface area (Å²) < 4.78 is 40.0. The Bertz CT molecular complexity index is 1070. The molecule has 2 amide bonds. The molecular weight excluding hydrogens is 357 g/mol. The number of carbonyl (C=O) groups excluding carboxylic acids is 2. The molecule has 0 bridgehead atoms. The van der Waals surface area contributed by atoms with Crippen LogP contribution in [0, 0.1) is 6.92 Å². The van der Waals surface area contributed by atoms with Crippen LogP contribution in [0.25, 0.3) is 10.9 Å². The minimum Gasteiger partial charge on any atom is -0.358 e. The lowest BCUT2D eigenvalue weighted by Crippen LogP contribution is -2.32. The fraction of sp³-hybridized carbons (Fsp3) is 0.200. The summed E-state index contributed by atoms with van der Waals surface area (Å²) in [6, 6.07) is 12.0. The number of alkyl halides is 3. The number of carbonyl (C=O) groups is 2. The normalized spacial score (nSPS) is 17.9. The molecule has 1 unspecified atom stereocenters. The van der Waals surface area contributed by atoms with Crippen molar-refractivity contribution < 1.29 is 22.8 Å². The Labute approximate surface area is 152 Å². The van der Waals surface area contributed by atoms with E-state index in [1.807, 2.05) is 24.3 Å². The van der Waals surface area contributed by atoms with Crippen LogP contribution in [0.1, 0.15) is 29.2 Å². The second kappa shape index (κ2) is 5.97. The number of aryl methyl sites for hydroxylation is 1. The first-order chi connectivity index (χ1) is 12.8. The highest BCUT2D eigenvalue weighted by Gasteiger charge is 2.45. The number of hydrogen-bond acceptors (Lipinski definition) is 2. The minimum absolute atomic E-state index is 0.159. The fourth-order valence-corrected chi connectivity index (χ4v) is 3.77. The van der Waals surface area contributed by atoms with Gasteiger partial charge in [-0.1, -0.05) is 30.3 Å². The van der Waals surface area contributed by atoms with E-state index >= 15 is 0 Å². The van der Waals surface area contributed by atoms with Gasteiger partial charge in [-0.25, -0.2) is 4.90 Å². The second-order valence-corrected chi connectivity index (χ2v) is 6.55. The molecule has 0 aliphatic carbocycles. The van der Waals surface area contributed by atoms with Gasteiger partial charge in [-0.3, -0.25) is 9.59 Å². The van der Waals surface area contributed by atoms with Gasteiger partial charge in [0, 0.05) is 23.0 Å². The molecule has 7 heteroatoms. The van der Waals surface area contributed by atoms with Crippen LogP contribution in [0.4, 0.5) is 18.9 Å². The summed E-state index contributed by atoms with van der Waals surface area (Å²) >= 11 is 0. The molecule has 1 saturated heterocycles. The molecule has 0 spiro atoms. The van der Waals surface area contributed by atoms with Crippen molar-refractivity contribution in [1.82, 2.24) is 4.98 Å². The molecule has 3 aromatic rings. The number of H-pyrrole nitrogens is 1. The summed E-state index contributed by atoms with van der Waals surface area (Å²) in [5, 5.41) is 0.798. The highest BCUT2D eigenvalue weighted by atomic mass is 19.4. The standard InChI is InChI=1S/C20H15F3N2O2/c1-11-18(12-6-2-4-8-15(12)24-11)13-10-17(26)25(19(13)27)16-9-5-3-7-14(16)20(21,22)23/h2-9,13,24H,10H2,1H3. The van der Waals surface area contributed by atoms with Crippen molar-refractivity contribution in [3.05, 3.63) is 65.4 Å². The van der Waals surface area contributed by atoms with Crippen molar-refractivity contribution in [3.63, 3.8) is 0 Å². The van der Waals surface area contributed by atoms with E-state index in [-0.39, 0.29) is 6.42 Å². The lowest BCUT2D eigenvalue weighted by atomic mass is 9.94. The Balaban J connectivity index is 1.81. The number of imide groups is 1. The predicted octanol–water partition coefficient (Wildman–Crippen LogP) is 4.54. The Hall–Kier alpha value is -3.09. The molecule has 2 heterocycles. The third-order valence-corrected chi connectivity index (χ3v) is 4.89. The number of halogens is 3. The lowest BCUT2D eigenvalue weighted by molar-refractivity contribution is -0.137. The van der Waals surface area contributed by atoms with E-state index in [0.717, 1.165) is 28.7 Å². The molecule has 1 aliphatic rings. The third-order valence-electron chi connectivity index (χ3n) is 4.89. The average molecular weight is 372 g/mol. The first-order valence-electron chi connectivity index (χ1n) is 8.39. The maximum atomic E-state index is 13.3. The summed E-state index contributed by atoms with van der Waals surface area (Å²) in [5.41, 5.74) is 0.798. The zero-order valence-electron chi connectivity index (χ0n) is 14.3. The Morgan fingerprint density at radius 3 is 2.44 bits per heavy atom. The predicted molar refractivity (Wildman–Crippen MR) is 94.3 cm³/mol. The summed E-state index contributed by atoms with van der Waals surface area (Å²) in [7, 11) is 0. The number of para-hydroxylation sites is 2. The monoisotopic (exact) mass is 372 g/mol. The lowest BCUT2D eigenvalue weighted by Gasteiger charge is -2.20.